The van der Waals surface area contributed by atoms with Crippen LogP contribution in [0.2, 0.25) is 0 Å². The van der Waals surface area contributed by atoms with Gasteiger partial charge >= 0.3 is 6.18 Å². The monoisotopic (exact) mass is 432 g/mol. The van der Waals surface area contributed by atoms with Crippen molar-refractivity contribution in [3.63, 3.8) is 0 Å². The van der Waals surface area contributed by atoms with Gasteiger partial charge in [-0.25, -0.2) is 14.4 Å². The van der Waals surface area contributed by atoms with Gasteiger partial charge in [-0.1, -0.05) is 12.1 Å². The van der Waals surface area contributed by atoms with Crippen LogP contribution < -0.4 is 11.1 Å². The zero-order chi connectivity index (χ0) is 22.2. The number of aromatic nitrogens is 2. The van der Waals surface area contributed by atoms with E-state index in [2.05, 4.69) is 15.3 Å². The Morgan fingerprint density at radius 2 is 1.68 bits per heavy atom. The van der Waals surface area contributed by atoms with E-state index in [0.29, 0.717) is 23.8 Å². The number of carbonyl (C=O) groups is 1. The van der Waals surface area contributed by atoms with Crippen molar-refractivity contribution >= 4 is 22.6 Å². The highest BCUT2D eigenvalue weighted by Crippen LogP contribution is 2.39. The third-order valence-corrected chi connectivity index (χ3v) is 5.65. The van der Waals surface area contributed by atoms with Gasteiger partial charge in [0.15, 0.2) is 0 Å². The third kappa shape index (κ3) is 4.45. The summed E-state index contributed by atoms with van der Waals surface area (Å²) in [5.41, 5.74) is 7.28. The Balaban J connectivity index is 1.48. The molecule has 0 saturated heterocycles. The molecule has 1 aliphatic rings. The molecule has 2 aromatic carbocycles. The number of nitrogen functional groups attached to an aromatic ring is 1. The summed E-state index contributed by atoms with van der Waals surface area (Å²) >= 11 is 0. The smallest absolute Gasteiger partial charge is 0.383 e. The minimum atomic E-state index is -4.67. The Hall–Kier alpha value is -3.23. The molecule has 3 N–H and O–H groups in total. The summed E-state index contributed by atoms with van der Waals surface area (Å²) in [7, 11) is 0. The highest BCUT2D eigenvalue weighted by molar-refractivity contribution is 5.94. The second kappa shape index (κ2) is 8.13. The molecule has 0 radical (unpaired) electrons. The van der Waals surface area contributed by atoms with Crippen molar-refractivity contribution in [3.05, 3.63) is 65.2 Å². The molecule has 162 valence electrons. The first kappa shape index (κ1) is 21.0. The van der Waals surface area contributed by atoms with Crippen molar-refractivity contribution in [2.45, 2.75) is 43.8 Å². The van der Waals surface area contributed by atoms with Crippen LogP contribution in [0.4, 0.5) is 23.4 Å². The minimum absolute atomic E-state index is 0.0331. The van der Waals surface area contributed by atoms with Crippen LogP contribution in [-0.2, 0) is 6.18 Å². The van der Waals surface area contributed by atoms with Gasteiger partial charge in [0.05, 0.1) is 5.52 Å². The highest BCUT2D eigenvalue weighted by Gasteiger charge is 2.36. The van der Waals surface area contributed by atoms with Crippen LogP contribution in [0.25, 0.3) is 10.9 Å². The summed E-state index contributed by atoms with van der Waals surface area (Å²) in [6.07, 6.45) is -1.80. The molecule has 1 fully saturated rings. The van der Waals surface area contributed by atoms with Gasteiger partial charge in [0.25, 0.3) is 5.91 Å². The molecule has 3 aromatic rings. The molecule has 31 heavy (non-hydrogen) atoms. The quantitative estimate of drug-likeness (QED) is 0.581. The van der Waals surface area contributed by atoms with Crippen molar-refractivity contribution in [3.8, 4) is 0 Å². The number of nitrogens with two attached hydrogens (primary N) is 1. The van der Waals surface area contributed by atoms with Gasteiger partial charge < -0.3 is 11.1 Å². The lowest BCUT2D eigenvalue weighted by Gasteiger charge is -2.30. The van der Waals surface area contributed by atoms with Crippen LogP contribution in [0.1, 0.15) is 53.3 Å². The van der Waals surface area contributed by atoms with Crippen LogP contribution in [0.3, 0.4) is 0 Å². The third-order valence-electron chi connectivity index (χ3n) is 5.65. The van der Waals surface area contributed by atoms with Gasteiger partial charge in [-0.3, -0.25) is 4.79 Å². The number of hydrogen-bond donors (Lipinski definition) is 2. The van der Waals surface area contributed by atoms with Gasteiger partial charge in [0.2, 0.25) is 5.82 Å². The van der Waals surface area contributed by atoms with Crippen LogP contribution in [0.5, 0.6) is 0 Å². The maximum atomic E-state index is 13.0. The molecule has 0 bridgehead atoms. The lowest BCUT2D eigenvalue weighted by Crippen LogP contribution is -2.37. The number of carbonyl (C=O) groups excluding carboxylic acids is 1. The summed E-state index contributed by atoms with van der Waals surface area (Å²) in [5.74, 6) is -2.02. The SMILES string of the molecule is Nc1nc(C(F)(F)F)nc2cccc(C3CCC(NC(=O)c4ccc(F)cc4)CC3)c12. The van der Waals surface area contributed by atoms with Crippen molar-refractivity contribution in [1.82, 2.24) is 15.3 Å². The topological polar surface area (TPSA) is 80.9 Å². The van der Waals surface area contributed by atoms with Crippen LogP contribution in [0, 0.1) is 5.82 Å². The summed E-state index contributed by atoms with van der Waals surface area (Å²) in [5, 5.41) is 3.42. The average Bonchev–Trinajstić information content (AvgIpc) is 2.73. The number of hydrogen-bond acceptors (Lipinski definition) is 4. The molecule has 1 saturated carbocycles. The number of anilines is 1. The molecule has 0 aliphatic heterocycles. The Kier molecular flexibility index (Phi) is 5.51. The van der Waals surface area contributed by atoms with Gasteiger partial charge in [-0.15, -0.1) is 0 Å². The summed E-state index contributed by atoms with van der Waals surface area (Å²) in [4.78, 5) is 19.5. The Labute approximate surface area is 175 Å². The predicted octanol–water partition coefficient (Wildman–Crippen LogP) is 4.83. The van der Waals surface area contributed by atoms with Crippen molar-refractivity contribution in [2.24, 2.45) is 0 Å². The maximum Gasteiger partial charge on any atom is 0.451 e. The Morgan fingerprint density at radius 3 is 2.32 bits per heavy atom. The zero-order valence-electron chi connectivity index (χ0n) is 16.4. The predicted molar refractivity (Wildman–Crippen MR) is 108 cm³/mol. The number of benzene rings is 2. The van der Waals surface area contributed by atoms with E-state index in [-0.39, 0.29) is 29.2 Å². The molecule has 4 rings (SSSR count). The molecular formula is C22H20F4N4O. The first-order valence-corrected chi connectivity index (χ1v) is 9.92. The van der Waals surface area contributed by atoms with E-state index >= 15 is 0 Å². The molecule has 0 unspecified atom stereocenters. The van der Waals surface area contributed by atoms with Crippen LogP contribution in [0.15, 0.2) is 42.5 Å². The molecule has 1 aliphatic carbocycles. The van der Waals surface area contributed by atoms with Crippen molar-refractivity contribution in [2.75, 3.05) is 5.73 Å². The van der Waals surface area contributed by atoms with Crippen LogP contribution in [-0.4, -0.2) is 21.9 Å². The highest BCUT2D eigenvalue weighted by atomic mass is 19.4. The normalized spacial score (nSPS) is 19.4. The van der Waals surface area contributed by atoms with Crippen LogP contribution >= 0.6 is 0 Å². The number of rotatable bonds is 3. The number of alkyl halides is 3. The van der Waals surface area contributed by atoms with Gasteiger partial charge in [0.1, 0.15) is 11.6 Å². The van der Waals surface area contributed by atoms with E-state index in [1.54, 1.807) is 6.07 Å². The number of halogens is 4. The van der Waals surface area contributed by atoms with E-state index in [4.69, 9.17) is 5.73 Å². The Bertz CT molecular complexity index is 1110. The molecule has 1 aromatic heterocycles. The molecule has 1 amide bonds. The van der Waals surface area contributed by atoms with Crippen molar-refractivity contribution < 1.29 is 22.4 Å². The fourth-order valence-corrected chi connectivity index (χ4v) is 4.12. The average molecular weight is 432 g/mol. The minimum Gasteiger partial charge on any atom is -0.383 e. The first-order chi connectivity index (χ1) is 14.7. The summed E-state index contributed by atoms with van der Waals surface area (Å²) in [6, 6.07) is 10.3. The first-order valence-electron chi connectivity index (χ1n) is 9.92. The van der Waals surface area contributed by atoms with E-state index in [1.807, 2.05) is 6.07 Å². The lowest BCUT2D eigenvalue weighted by molar-refractivity contribution is -0.144. The number of amides is 1. The van der Waals surface area contributed by atoms with E-state index < -0.39 is 17.8 Å². The fourth-order valence-electron chi connectivity index (χ4n) is 4.12. The maximum absolute atomic E-state index is 13.0. The Morgan fingerprint density at radius 1 is 1.00 bits per heavy atom. The molecule has 9 heteroatoms. The zero-order valence-corrected chi connectivity index (χ0v) is 16.4. The standard InChI is InChI=1S/C22H20F4N4O/c23-14-8-4-13(5-9-14)20(31)28-15-10-6-12(7-11-15)16-2-1-3-17-18(16)19(27)30-21(29-17)22(24,25)26/h1-5,8-9,12,15H,6-7,10-11H2,(H,28,31)(H2,27,29,30). The summed E-state index contributed by atoms with van der Waals surface area (Å²) < 4.78 is 52.0. The van der Waals surface area contributed by atoms with E-state index in [0.717, 1.165) is 18.4 Å². The molecule has 5 nitrogen and oxygen atoms in total. The molecule has 0 spiro atoms. The largest absolute Gasteiger partial charge is 0.451 e. The number of fused-ring (bicyclic) bond motifs is 1. The molecule has 1 heterocycles. The van der Waals surface area contributed by atoms with Gasteiger partial charge in [0, 0.05) is 17.0 Å². The molecular weight excluding hydrogens is 412 g/mol. The van der Waals surface area contributed by atoms with Crippen molar-refractivity contribution in [1.29, 1.82) is 0 Å². The summed E-state index contributed by atoms with van der Waals surface area (Å²) in [6.45, 7) is 0. The van der Waals surface area contributed by atoms with Gasteiger partial charge in [-0.05, 0) is 67.5 Å². The van der Waals surface area contributed by atoms with E-state index in [1.165, 1.54) is 30.3 Å². The second-order valence-electron chi connectivity index (χ2n) is 7.70. The fraction of sp³-hybridized carbons (Fsp3) is 0.318. The van der Waals surface area contributed by atoms with E-state index in [9.17, 15) is 22.4 Å². The number of nitrogens with zero attached hydrogens (tertiary/aromatic N) is 2. The van der Waals surface area contributed by atoms with Gasteiger partial charge in [-0.2, -0.15) is 13.2 Å². The number of nitrogens with one attached hydrogen (secondary N) is 1. The second-order valence-corrected chi connectivity index (χ2v) is 7.70. The lowest BCUT2D eigenvalue weighted by atomic mass is 9.80. The molecule has 0 atom stereocenters.